The minimum Gasteiger partial charge on any atom is -0.388 e. The van der Waals surface area contributed by atoms with Crippen LogP contribution in [0.15, 0.2) is 42.5 Å². The number of aliphatic hydroxyl groups excluding tert-OH is 1. The first-order valence-corrected chi connectivity index (χ1v) is 6.43. The third-order valence-electron chi connectivity index (χ3n) is 3.50. The smallest absolute Gasteiger partial charge is 0.129 e. The highest BCUT2D eigenvalue weighted by Gasteiger charge is 2.25. The van der Waals surface area contributed by atoms with Crippen molar-refractivity contribution in [1.82, 2.24) is 0 Å². The third-order valence-corrected chi connectivity index (χ3v) is 3.50. The van der Waals surface area contributed by atoms with Gasteiger partial charge in [-0.25, -0.2) is 8.78 Å². The minimum absolute atomic E-state index is 0.0660. The molecule has 0 saturated carbocycles. The van der Waals surface area contributed by atoms with Crippen molar-refractivity contribution in [2.45, 2.75) is 18.9 Å². The maximum atomic E-state index is 13.8. The van der Waals surface area contributed by atoms with Crippen molar-refractivity contribution >= 4 is 0 Å². The molecule has 2 aromatic rings. The van der Waals surface area contributed by atoms with Gasteiger partial charge in [0, 0.05) is 18.0 Å². The lowest BCUT2D eigenvalue weighted by Gasteiger charge is -2.24. The van der Waals surface area contributed by atoms with Gasteiger partial charge in [0.05, 0.1) is 6.10 Å². The fourth-order valence-electron chi connectivity index (χ4n) is 2.39. The SMILES string of the molecule is Cc1ccccc1C(CN)C(O)c1cc(F)ccc1F. The van der Waals surface area contributed by atoms with Crippen LogP contribution in [0.5, 0.6) is 0 Å². The van der Waals surface area contributed by atoms with Crippen LogP contribution in [-0.4, -0.2) is 11.7 Å². The van der Waals surface area contributed by atoms with E-state index in [1.54, 1.807) is 0 Å². The van der Waals surface area contributed by atoms with Gasteiger partial charge in [-0.2, -0.15) is 0 Å². The Labute approximate surface area is 116 Å². The molecule has 2 aromatic carbocycles. The third kappa shape index (κ3) is 2.86. The molecule has 0 aliphatic rings. The van der Waals surface area contributed by atoms with E-state index in [1.807, 2.05) is 31.2 Å². The fraction of sp³-hybridized carbons (Fsp3) is 0.250. The Balaban J connectivity index is 2.41. The maximum absolute atomic E-state index is 13.8. The Morgan fingerprint density at radius 3 is 2.45 bits per heavy atom. The zero-order valence-corrected chi connectivity index (χ0v) is 11.2. The van der Waals surface area contributed by atoms with Gasteiger partial charge >= 0.3 is 0 Å². The molecule has 0 bridgehead atoms. The first kappa shape index (κ1) is 14.6. The van der Waals surface area contributed by atoms with Gasteiger partial charge in [0.15, 0.2) is 0 Å². The standard InChI is InChI=1S/C16H17F2NO/c1-10-4-2-3-5-12(10)14(9-19)16(20)13-8-11(17)6-7-15(13)18/h2-8,14,16,20H,9,19H2,1H3. The number of aryl methyl sites for hydroxylation is 1. The van der Waals surface area contributed by atoms with Gasteiger partial charge in [-0.3, -0.25) is 0 Å². The van der Waals surface area contributed by atoms with Crippen LogP contribution in [0.1, 0.15) is 28.7 Å². The molecule has 0 aromatic heterocycles. The number of hydrogen-bond donors (Lipinski definition) is 2. The molecule has 2 nitrogen and oxygen atoms in total. The Morgan fingerprint density at radius 1 is 1.10 bits per heavy atom. The summed E-state index contributed by atoms with van der Waals surface area (Å²) in [5, 5.41) is 10.4. The number of nitrogens with two attached hydrogens (primary N) is 1. The molecule has 3 N–H and O–H groups in total. The Kier molecular flexibility index (Phi) is 4.47. The van der Waals surface area contributed by atoms with E-state index in [1.165, 1.54) is 0 Å². The van der Waals surface area contributed by atoms with Gasteiger partial charge in [-0.05, 0) is 36.2 Å². The predicted molar refractivity (Wildman–Crippen MR) is 74.3 cm³/mol. The van der Waals surface area contributed by atoms with E-state index in [9.17, 15) is 13.9 Å². The van der Waals surface area contributed by atoms with Gasteiger partial charge in [0.2, 0.25) is 0 Å². The Hall–Kier alpha value is -1.78. The second-order valence-corrected chi connectivity index (χ2v) is 4.81. The van der Waals surface area contributed by atoms with E-state index in [-0.39, 0.29) is 12.1 Å². The van der Waals surface area contributed by atoms with Crippen molar-refractivity contribution in [2.24, 2.45) is 5.73 Å². The largest absolute Gasteiger partial charge is 0.388 e. The summed E-state index contributed by atoms with van der Waals surface area (Å²) in [7, 11) is 0. The van der Waals surface area contributed by atoms with Gasteiger partial charge in [-0.15, -0.1) is 0 Å². The summed E-state index contributed by atoms with van der Waals surface area (Å²) in [6.07, 6.45) is -1.18. The Bertz CT molecular complexity index is 601. The van der Waals surface area contributed by atoms with Crippen LogP contribution < -0.4 is 5.73 Å². The monoisotopic (exact) mass is 277 g/mol. The molecule has 0 saturated heterocycles. The average Bonchev–Trinajstić information content (AvgIpc) is 2.44. The highest BCUT2D eigenvalue weighted by atomic mass is 19.1. The normalized spacial score (nSPS) is 14.1. The van der Waals surface area contributed by atoms with Crippen molar-refractivity contribution < 1.29 is 13.9 Å². The molecular weight excluding hydrogens is 260 g/mol. The second kappa shape index (κ2) is 6.11. The van der Waals surface area contributed by atoms with Crippen molar-refractivity contribution in [3.05, 3.63) is 70.8 Å². The van der Waals surface area contributed by atoms with Crippen LogP contribution in [0.2, 0.25) is 0 Å². The summed E-state index contributed by atoms with van der Waals surface area (Å²) < 4.78 is 27.0. The van der Waals surface area contributed by atoms with E-state index in [0.717, 1.165) is 29.3 Å². The lowest BCUT2D eigenvalue weighted by molar-refractivity contribution is 0.142. The van der Waals surface area contributed by atoms with Crippen LogP contribution >= 0.6 is 0 Å². The zero-order chi connectivity index (χ0) is 14.7. The van der Waals surface area contributed by atoms with Gasteiger partial charge in [-0.1, -0.05) is 24.3 Å². The van der Waals surface area contributed by atoms with Crippen LogP contribution in [0, 0.1) is 18.6 Å². The molecule has 2 atom stereocenters. The van der Waals surface area contributed by atoms with E-state index in [4.69, 9.17) is 5.73 Å². The molecular formula is C16H17F2NO. The first-order chi connectivity index (χ1) is 9.54. The number of rotatable bonds is 4. The van der Waals surface area contributed by atoms with Crippen LogP contribution in [0.25, 0.3) is 0 Å². The van der Waals surface area contributed by atoms with Crippen LogP contribution in [-0.2, 0) is 0 Å². The topological polar surface area (TPSA) is 46.2 Å². The summed E-state index contributed by atoms with van der Waals surface area (Å²) in [4.78, 5) is 0. The summed E-state index contributed by atoms with van der Waals surface area (Å²) in [5.41, 5.74) is 7.45. The number of benzene rings is 2. The van der Waals surface area contributed by atoms with E-state index >= 15 is 0 Å². The highest BCUT2D eigenvalue weighted by Crippen LogP contribution is 2.33. The first-order valence-electron chi connectivity index (χ1n) is 6.43. The van der Waals surface area contributed by atoms with E-state index in [2.05, 4.69) is 0 Å². The summed E-state index contributed by atoms with van der Waals surface area (Å²) >= 11 is 0. The molecule has 0 aliphatic carbocycles. The molecule has 106 valence electrons. The quantitative estimate of drug-likeness (QED) is 0.902. The highest BCUT2D eigenvalue weighted by molar-refractivity contribution is 5.33. The van der Waals surface area contributed by atoms with Gasteiger partial charge in [0.25, 0.3) is 0 Å². The van der Waals surface area contributed by atoms with Crippen molar-refractivity contribution in [1.29, 1.82) is 0 Å². The second-order valence-electron chi connectivity index (χ2n) is 4.81. The number of halogens is 2. The van der Waals surface area contributed by atoms with E-state index in [0.29, 0.717) is 0 Å². The van der Waals surface area contributed by atoms with Gasteiger partial charge in [0.1, 0.15) is 11.6 Å². The van der Waals surface area contributed by atoms with Crippen molar-refractivity contribution in [3.63, 3.8) is 0 Å². The van der Waals surface area contributed by atoms with Gasteiger partial charge < -0.3 is 10.8 Å². The van der Waals surface area contributed by atoms with Crippen molar-refractivity contribution in [3.8, 4) is 0 Å². The summed E-state index contributed by atoms with van der Waals surface area (Å²) in [5.74, 6) is -1.69. The molecule has 0 amide bonds. The Morgan fingerprint density at radius 2 is 1.80 bits per heavy atom. The molecule has 20 heavy (non-hydrogen) atoms. The summed E-state index contributed by atoms with van der Waals surface area (Å²) in [6, 6.07) is 10.5. The molecule has 0 aliphatic heterocycles. The van der Waals surface area contributed by atoms with E-state index < -0.39 is 23.7 Å². The molecule has 4 heteroatoms. The number of aliphatic hydroxyl groups is 1. The maximum Gasteiger partial charge on any atom is 0.129 e. The molecule has 2 rings (SSSR count). The predicted octanol–water partition coefficient (Wildman–Crippen LogP) is 3.05. The van der Waals surface area contributed by atoms with Crippen LogP contribution in [0.3, 0.4) is 0 Å². The molecule has 2 unspecified atom stereocenters. The number of hydrogen-bond acceptors (Lipinski definition) is 2. The molecule has 0 heterocycles. The average molecular weight is 277 g/mol. The van der Waals surface area contributed by atoms with Crippen LogP contribution in [0.4, 0.5) is 8.78 Å². The lowest BCUT2D eigenvalue weighted by Crippen LogP contribution is -2.21. The zero-order valence-electron chi connectivity index (χ0n) is 11.2. The fourth-order valence-corrected chi connectivity index (χ4v) is 2.39. The lowest BCUT2D eigenvalue weighted by atomic mass is 9.86. The molecule has 0 spiro atoms. The minimum atomic E-state index is -1.18. The van der Waals surface area contributed by atoms with Crippen molar-refractivity contribution in [2.75, 3.05) is 6.54 Å². The summed E-state index contributed by atoms with van der Waals surface area (Å²) in [6.45, 7) is 2.04. The molecule has 0 fully saturated rings. The molecule has 0 radical (unpaired) electrons.